The topological polar surface area (TPSA) is 54.4 Å². The summed E-state index contributed by atoms with van der Waals surface area (Å²) < 4.78 is 0. The fourth-order valence-electron chi connectivity index (χ4n) is 6.06. The molecule has 22 heavy (non-hydrogen) atoms. The van der Waals surface area contributed by atoms with Gasteiger partial charge in [0.05, 0.1) is 11.0 Å². The average Bonchev–Trinajstić information content (AvgIpc) is 2.72. The number of allylic oxidation sites excluding steroid dienone is 1. The van der Waals surface area contributed by atoms with Crippen molar-refractivity contribution in [3.05, 3.63) is 11.6 Å². The van der Waals surface area contributed by atoms with Gasteiger partial charge >= 0.3 is 0 Å². The molecule has 0 aliphatic heterocycles. The minimum absolute atomic E-state index is 0.0551. The van der Waals surface area contributed by atoms with E-state index in [1.165, 1.54) is 5.57 Å². The number of ketones is 2. The zero-order valence-corrected chi connectivity index (χ0v) is 13.7. The van der Waals surface area contributed by atoms with Gasteiger partial charge in [-0.05, 0) is 50.4 Å². The van der Waals surface area contributed by atoms with Crippen LogP contribution in [0.5, 0.6) is 0 Å². The maximum absolute atomic E-state index is 12.4. The lowest BCUT2D eigenvalue weighted by atomic mass is 9.48. The highest BCUT2D eigenvalue weighted by Crippen LogP contribution is 2.64. The number of fused-ring (bicyclic) bond motifs is 5. The fraction of sp³-hybridized carbons (Fsp3) is 0.789. The van der Waals surface area contributed by atoms with Crippen LogP contribution in [0.25, 0.3) is 0 Å². The van der Waals surface area contributed by atoms with Crippen molar-refractivity contribution in [1.29, 1.82) is 0 Å². The van der Waals surface area contributed by atoms with Crippen molar-refractivity contribution in [1.82, 2.24) is 0 Å². The van der Waals surface area contributed by atoms with Gasteiger partial charge in [-0.2, -0.15) is 0 Å². The average molecular weight is 302 g/mol. The Morgan fingerprint density at radius 1 is 1.14 bits per heavy atom. The van der Waals surface area contributed by atoms with Gasteiger partial charge in [-0.15, -0.1) is 0 Å². The predicted molar refractivity (Wildman–Crippen MR) is 83.2 cm³/mol. The second-order valence-corrected chi connectivity index (χ2v) is 8.53. The van der Waals surface area contributed by atoms with Crippen molar-refractivity contribution in [3.8, 4) is 0 Å². The summed E-state index contributed by atoms with van der Waals surface area (Å²) >= 11 is 0. The minimum Gasteiger partial charge on any atom is -0.388 e. The van der Waals surface area contributed by atoms with Gasteiger partial charge in [-0.3, -0.25) is 9.59 Å². The molecular formula is C19H26O3. The number of hydrogen-bond donors (Lipinski definition) is 1. The molecule has 3 heteroatoms. The Balaban J connectivity index is 1.78. The SMILES string of the molecule is C[C@]12CCC(=O)CC1CC[C@@H]1C2=CC[C@]2(C)C(=O)CC[C@]12O. The van der Waals surface area contributed by atoms with Crippen LogP contribution < -0.4 is 0 Å². The first kappa shape index (κ1) is 14.6. The van der Waals surface area contributed by atoms with Gasteiger partial charge in [0.2, 0.25) is 0 Å². The Hall–Kier alpha value is -0.960. The van der Waals surface area contributed by atoms with Gasteiger partial charge in [0.15, 0.2) is 0 Å². The Kier molecular flexibility index (Phi) is 2.87. The summed E-state index contributed by atoms with van der Waals surface area (Å²) in [6.45, 7) is 4.26. The molecule has 1 N–H and O–H groups in total. The third-order valence-corrected chi connectivity index (χ3v) is 7.75. The predicted octanol–water partition coefficient (Wildman–Crippen LogP) is 3.20. The van der Waals surface area contributed by atoms with E-state index in [1.807, 2.05) is 6.92 Å². The van der Waals surface area contributed by atoms with E-state index in [-0.39, 0.29) is 17.1 Å². The molecule has 0 aromatic rings. The lowest BCUT2D eigenvalue weighted by molar-refractivity contribution is -0.147. The fourth-order valence-corrected chi connectivity index (χ4v) is 6.06. The molecule has 0 heterocycles. The molecule has 1 unspecified atom stereocenters. The van der Waals surface area contributed by atoms with E-state index >= 15 is 0 Å². The summed E-state index contributed by atoms with van der Waals surface area (Å²) in [7, 11) is 0. The normalized spacial score (nSPS) is 51.0. The van der Waals surface area contributed by atoms with Gasteiger partial charge in [0.25, 0.3) is 0 Å². The van der Waals surface area contributed by atoms with E-state index in [1.54, 1.807) is 0 Å². The molecule has 4 aliphatic carbocycles. The van der Waals surface area contributed by atoms with E-state index in [9.17, 15) is 14.7 Å². The van der Waals surface area contributed by atoms with E-state index in [4.69, 9.17) is 0 Å². The summed E-state index contributed by atoms with van der Waals surface area (Å²) in [6.07, 6.45) is 8.30. The highest BCUT2D eigenvalue weighted by atomic mass is 16.3. The summed E-state index contributed by atoms with van der Waals surface area (Å²) in [6, 6.07) is 0. The Morgan fingerprint density at radius 3 is 2.68 bits per heavy atom. The number of Topliss-reactive ketones (excluding diaryl/α,β-unsaturated/α-hetero) is 2. The molecule has 5 atom stereocenters. The van der Waals surface area contributed by atoms with Crippen molar-refractivity contribution in [3.63, 3.8) is 0 Å². The highest BCUT2D eigenvalue weighted by molar-refractivity contribution is 5.89. The Labute approximate surface area is 132 Å². The molecule has 3 saturated carbocycles. The lowest BCUT2D eigenvalue weighted by Crippen LogP contribution is -2.58. The van der Waals surface area contributed by atoms with Crippen LogP contribution in [0, 0.1) is 22.7 Å². The van der Waals surface area contributed by atoms with Gasteiger partial charge in [0.1, 0.15) is 11.6 Å². The molecule has 0 amide bonds. The number of aliphatic hydroxyl groups is 1. The Morgan fingerprint density at radius 2 is 1.91 bits per heavy atom. The molecule has 4 aliphatic rings. The van der Waals surface area contributed by atoms with Crippen molar-refractivity contribution in [2.24, 2.45) is 22.7 Å². The lowest BCUT2D eigenvalue weighted by Gasteiger charge is -2.57. The first-order valence-corrected chi connectivity index (χ1v) is 8.79. The molecule has 0 bridgehead atoms. The van der Waals surface area contributed by atoms with Crippen LogP contribution in [0.1, 0.15) is 65.2 Å². The molecule has 3 nitrogen and oxygen atoms in total. The van der Waals surface area contributed by atoms with E-state index in [0.29, 0.717) is 43.8 Å². The van der Waals surface area contributed by atoms with Gasteiger partial charge in [-0.25, -0.2) is 0 Å². The van der Waals surface area contributed by atoms with Gasteiger partial charge in [0, 0.05) is 25.2 Å². The molecule has 0 radical (unpaired) electrons. The third kappa shape index (κ3) is 1.56. The van der Waals surface area contributed by atoms with Crippen molar-refractivity contribution < 1.29 is 14.7 Å². The zero-order valence-electron chi connectivity index (χ0n) is 13.7. The standard InChI is InChI=1S/C19H26O3/c1-17-8-5-13(20)11-12(17)3-4-15-14(17)6-9-18(2)16(21)7-10-19(15,18)22/h6,12,15,22H,3-5,7-11H2,1-2H3/t12?,15-,17+,18-,19+/m1/s1. The molecule has 120 valence electrons. The van der Waals surface area contributed by atoms with Crippen LogP contribution in [0.15, 0.2) is 11.6 Å². The monoisotopic (exact) mass is 302 g/mol. The number of carbonyl (C=O) groups is 2. The van der Waals surface area contributed by atoms with E-state index in [2.05, 4.69) is 13.0 Å². The quantitative estimate of drug-likeness (QED) is 0.699. The van der Waals surface area contributed by atoms with Crippen LogP contribution in [-0.4, -0.2) is 22.3 Å². The van der Waals surface area contributed by atoms with Crippen LogP contribution in [0.4, 0.5) is 0 Å². The summed E-state index contributed by atoms with van der Waals surface area (Å²) in [5.41, 5.74) is -0.0243. The van der Waals surface area contributed by atoms with Gasteiger partial charge in [-0.1, -0.05) is 18.6 Å². The second-order valence-electron chi connectivity index (χ2n) is 8.53. The van der Waals surface area contributed by atoms with Crippen LogP contribution in [0.3, 0.4) is 0 Å². The minimum atomic E-state index is -0.858. The molecule has 0 aromatic heterocycles. The van der Waals surface area contributed by atoms with Gasteiger partial charge < -0.3 is 5.11 Å². The Bertz CT molecular complexity index is 591. The molecule has 3 fully saturated rings. The number of carbonyl (C=O) groups excluding carboxylic acids is 2. The third-order valence-electron chi connectivity index (χ3n) is 7.75. The van der Waals surface area contributed by atoms with Crippen LogP contribution in [0.2, 0.25) is 0 Å². The van der Waals surface area contributed by atoms with Crippen molar-refractivity contribution in [2.75, 3.05) is 0 Å². The molecule has 0 aromatic carbocycles. The first-order chi connectivity index (χ1) is 10.3. The van der Waals surface area contributed by atoms with E-state index < -0.39 is 11.0 Å². The molecule has 0 spiro atoms. The number of hydrogen-bond acceptors (Lipinski definition) is 3. The summed E-state index contributed by atoms with van der Waals surface area (Å²) in [5, 5.41) is 11.5. The molecule has 4 rings (SSSR count). The van der Waals surface area contributed by atoms with Crippen LogP contribution in [-0.2, 0) is 9.59 Å². The summed E-state index contributed by atoms with van der Waals surface area (Å²) in [5.74, 6) is 1.18. The smallest absolute Gasteiger partial charge is 0.142 e. The highest BCUT2D eigenvalue weighted by Gasteiger charge is 2.64. The maximum Gasteiger partial charge on any atom is 0.142 e. The molecule has 0 saturated heterocycles. The summed E-state index contributed by atoms with van der Waals surface area (Å²) in [4.78, 5) is 24.2. The zero-order chi connectivity index (χ0) is 15.8. The second kappa shape index (κ2) is 4.31. The molecular weight excluding hydrogens is 276 g/mol. The van der Waals surface area contributed by atoms with E-state index in [0.717, 1.165) is 19.3 Å². The van der Waals surface area contributed by atoms with Crippen LogP contribution >= 0.6 is 0 Å². The maximum atomic E-state index is 12.4. The number of rotatable bonds is 0. The van der Waals surface area contributed by atoms with Crippen molar-refractivity contribution in [2.45, 2.75) is 70.8 Å². The van der Waals surface area contributed by atoms with Crippen molar-refractivity contribution >= 4 is 11.6 Å². The largest absolute Gasteiger partial charge is 0.388 e. The first-order valence-electron chi connectivity index (χ1n) is 8.79.